The first kappa shape index (κ1) is 22.2. The molecule has 0 bridgehead atoms. The van der Waals surface area contributed by atoms with Gasteiger partial charge >= 0.3 is 0 Å². The molecule has 0 spiro atoms. The summed E-state index contributed by atoms with van der Waals surface area (Å²) in [4.78, 5) is 17.5. The van der Waals surface area contributed by atoms with E-state index in [0.717, 1.165) is 61.5 Å². The average molecular weight is 459 g/mol. The summed E-state index contributed by atoms with van der Waals surface area (Å²) in [7, 11) is 1.61. The number of phenols is 1. The van der Waals surface area contributed by atoms with Crippen molar-refractivity contribution in [2.75, 3.05) is 45.2 Å². The van der Waals surface area contributed by atoms with Crippen molar-refractivity contribution in [3.8, 4) is 22.8 Å². The van der Waals surface area contributed by atoms with Gasteiger partial charge in [0.15, 0.2) is 0 Å². The molecule has 34 heavy (non-hydrogen) atoms. The lowest BCUT2D eigenvalue weighted by molar-refractivity contribution is 0.132. The molecule has 5 rings (SSSR count). The molecular weight excluding hydrogens is 428 g/mol. The number of benzene rings is 2. The van der Waals surface area contributed by atoms with Crippen LogP contribution >= 0.6 is 0 Å². The average Bonchev–Trinajstić information content (AvgIpc) is 3.30. The highest BCUT2D eigenvalue weighted by atomic mass is 16.5. The highest BCUT2D eigenvalue weighted by molar-refractivity contribution is 5.97. The molecule has 2 aromatic heterocycles. The molecule has 2 aromatic carbocycles. The number of piperazine rings is 1. The molecule has 8 nitrogen and oxygen atoms in total. The van der Waals surface area contributed by atoms with E-state index in [1.165, 1.54) is 5.56 Å². The van der Waals surface area contributed by atoms with Crippen LogP contribution in [0, 0.1) is 0 Å². The number of rotatable bonds is 7. The quantitative estimate of drug-likeness (QED) is 0.382. The summed E-state index contributed by atoms with van der Waals surface area (Å²) in [6.45, 7) is 8.84. The maximum absolute atomic E-state index is 9.59. The minimum absolute atomic E-state index is 0.225. The molecule has 0 aliphatic carbocycles. The van der Waals surface area contributed by atoms with Crippen molar-refractivity contribution in [2.24, 2.45) is 0 Å². The first-order valence-electron chi connectivity index (χ1n) is 11.7. The third kappa shape index (κ3) is 4.69. The van der Waals surface area contributed by atoms with Crippen LogP contribution in [0.25, 0.3) is 22.2 Å². The van der Waals surface area contributed by atoms with E-state index < -0.39 is 0 Å². The molecule has 0 atom stereocenters. The second kappa shape index (κ2) is 9.70. The van der Waals surface area contributed by atoms with Gasteiger partial charge in [-0.15, -0.1) is 0 Å². The number of ether oxygens (including phenoxy) is 1. The molecule has 1 aliphatic heterocycles. The summed E-state index contributed by atoms with van der Waals surface area (Å²) < 4.78 is 5.60. The zero-order valence-electron chi connectivity index (χ0n) is 19.6. The summed E-state index contributed by atoms with van der Waals surface area (Å²) >= 11 is 0. The van der Waals surface area contributed by atoms with Gasteiger partial charge in [0.2, 0.25) is 11.8 Å². The molecule has 0 radical (unpaired) electrons. The van der Waals surface area contributed by atoms with Gasteiger partial charge in [0.25, 0.3) is 0 Å². The smallest absolute Gasteiger partial charge is 0.232 e. The topological polar surface area (TPSA) is 89.5 Å². The summed E-state index contributed by atoms with van der Waals surface area (Å²) in [6.07, 6.45) is 1.88. The van der Waals surface area contributed by atoms with E-state index in [0.29, 0.717) is 17.5 Å². The predicted molar refractivity (Wildman–Crippen MR) is 135 cm³/mol. The first-order chi connectivity index (χ1) is 16.6. The van der Waals surface area contributed by atoms with Crippen LogP contribution < -0.4 is 10.1 Å². The number of nitrogens with zero attached hydrogens (tertiary/aromatic N) is 4. The Balaban J connectivity index is 1.31. The van der Waals surface area contributed by atoms with Crippen molar-refractivity contribution in [1.82, 2.24) is 24.8 Å². The molecule has 4 aromatic rings. The number of aromatic nitrogens is 3. The number of nitrogens with one attached hydrogen (secondary N) is 2. The molecule has 8 heteroatoms. The standard InChI is InChI=1S/C26H30N6O2/c1-3-31-12-14-32(15-13-31)17-18-4-8-20(9-5-18)28-26-29-24-23(25(30-26)34-2)22(16-27-24)19-6-10-21(33)11-7-19/h4-11,16,33H,3,12-15,17H2,1-2H3,(H2,27,28,29,30). The number of H-pyrrole nitrogens is 1. The van der Waals surface area contributed by atoms with E-state index >= 15 is 0 Å². The van der Waals surface area contributed by atoms with Crippen LogP contribution in [0.3, 0.4) is 0 Å². The van der Waals surface area contributed by atoms with Crippen LogP contribution in [0.5, 0.6) is 11.6 Å². The third-order valence-electron chi connectivity index (χ3n) is 6.40. The molecule has 0 amide bonds. The Morgan fingerprint density at radius 1 is 0.971 bits per heavy atom. The number of aromatic hydroxyl groups is 1. The minimum Gasteiger partial charge on any atom is -0.508 e. The Bertz CT molecular complexity index is 1250. The minimum atomic E-state index is 0.225. The number of fused-ring (bicyclic) bond motifs is 1. The molecule has 1 saturated heterocycles. The van der Waals surface area contributed by atoms with Crippen LogP contribution in [0.2, 0.25) is 0 Å². The molecular formula is C26H30N6O2. The van der Waals surface area contributed by atoms with Gasteiger partial charge in [0.05, 0.1) is 12.5 Å². The van der Waals surface area contributed by atoms with E-state index in [1.807, 2.05) is 18.3 Å². The predicted octanol–water partition coefficient (Wildman–Crippen LogP) is 4.22. The van der Waals surface area contributed by atoms with Gasteiger partial charge in [-0.2, -0.15) is 9.97 Å². The normalized spacial score (nSPS) is 15.0. The second-order valence-electron chi connectivity index (χ2n) is 8.56. The van der Waals surface area contributed by atoms with Crippen molar-refractivity contribution in [3.05, 3.63) is 60.3 Å². The number of phenolic OH excluding ortho intramolecular Hbond substituents is 1. The highest BCUT2D eigenvalue weighted by Crippen LogP contribution is 2.35. The van der Waals surface area contributed by atoms with Gasteiger partial charge in [-0.3, -0.25) is 4.90 Å². The van der Waals surface area contributed by atoms with Gasteiger partial charge in [-0.25, -0.2) is 0 Å². The van der Waals surface area contributed by atoms with Crippen molar-refractivity contribution < 1.29 is 9.84 Å². The summed E-state index contributed by atoms with van der Waals surface area (Å²) in [5.41, 5.74) is 4.76. The highest BCUT2D eigenvalue weighted by Gasteiger charge is 2.17. The van der Waals surface area contributed by atoms with Gasteiger partial charge in [-0.05, 0) is 41.9 Å². The first-order valence-corrected chi connectivity index (χ1v) is 11.7. The summed E-state index contributed by atoms with van der Waals surface area (Å²) in [6, 6.07) is 15.5. The number of likely N-dealkylation sites (N-methyl/N-ethyl adjacent to an activating group) is 1. The summed E-state index contributed by atoms with van der Waals surface area (Å²) in [5.74, 6) is 1.18. The fraction of sp³-hybridized carbons (Fsp3) is 0.308. The number of methoxy groups -OCH3 is 1. The maximum Gasteiger partial charge on any atom is 0.232 e. The molecule has 1 fully saturated rings. The number of hydrogen-bond acceptors (Lipinski definition) is 7. The SMILES string of the molecule is CCN1CCN(Cc2ccc(Nc3nc(OC)c4c(-c5ccc(O)cc5)c[nH]c4n3)cc2)CC1. The third-order valence-corrected chi connectivity index (χ3v) is 6.40. The largest absolute Gasteiger partial charge is 0.508 e. The van der Waals surface area contributed by atoms with Crippen molar-refractivity contribution >= 4 is 22.7 Å². The Labute approximate surface area is 199 Å². The lowest BCUT2D eigenvalue weighted by Gasteiger charge is -2.34. The van der Waals surface area contributed by atoms with Gasteiger partial charge in [0, 0.05) is 50.2 Å². The Hall–Kier alpha value is -3.62. The molecule has 0 unspecified atom stereocenters. The Morgan fingerprint density at radius 3 is 2.35 bits per heavy atom. The zero-order valence-corrected chi connectivity index (χ0v) is 19.6. The van der Waals surface area contributed by atoms with Crippen LogP contribution in [0.15, 0.2) is 54.7 Å². The van der Waals surface area contributed by atoms with Crippen molar-refractivity contribution in [2.45, 2.75) is 13.5 Å². The van der Waals surface area contributed by atoms with Gasteiger partial charge < -0.3 is 25.0 Å². The fourth-order valence-corrected chi connectivity index (χ4v) is 4.42. The van der Waals surface area contributed by atoms with E-state index in [4.69, 9.17) is 4.74 Å². The van der Waals surface area contributed by atoms with Gasteiger partial charge in [-0.1, -0.05) is 31.2 Å². The molecule has 3 heterocycles. The van der Waals surface area contributed by atoms with E-state index in [2.05, 4.69) is 61.3 Å². The molecule has 3 N–H and O–H groups in total. The zero-order chi connectivity index (χ0) is 23.5. The second-order valence-corrected chi connectivity index (χ2v) is 8.56. The Kier molecular flexibility index (Phi) is 6.33. The number of anilines is 2. The van der Waals surface area contributed by atoms with Crippen LogP contribution in [0.1, 0.15) is 12.5 Å². The van der Waals surface area contributed by atoms with Crippen LogP contribution in [-0.4, -0.2) is 69.7 Å². The maximum atomic E-state index is 9.59. The number of aromatic amines is 1. The summed E-state index contributed by atoms with van der Waals surface area (Å²) in [5, 5.41) is 13.7. The van der Waals surface area contributed by atoms with E-state index in [9.17, 15) is 5.11 Å². The van der Waals surface area contributed by atoms with Crippen molar-refractivity contribution in [3.63, 3.8) is 0 Å². The lowest BCUT2D eigenvalue weighted by Crippen LogP contribution is -2.45. The molecule has 0 saturated carbocycles. The molecule has 176 valence electrons. The van der Waals surface area contributed by atoms with Gasteiger partial charge in [0.1, 0.15) is 11.4 Å². The monoisotopic (exact) mass is 458 g/mol. The fourth-order valence-electron chi connectivity index (χ4n) is 4.42. The Morgan fingerprint density at radius 2 is 1.68 bits per heavy atom. The van der Waals surface area contributed by atoms with E-state index in [1.54, 1.807) is 19.2 Å². The lowest BCUT2D eigenvalue weighted by atomic mass is 10.1. The van der Waals surface area contributed by atoms with Crippen LogP contribution in [0.4, 0.5) is 11.6 Å². The number of hydrogen-bond donors (Lipinski definition) is 3. The van der Waals surface area contributed by atoms with Crippen molar-refractivity contribution in [1.29, 1.82) is 0 Å². The van der Waals surface area contributed by atoms with E-state index in [-0.39, 0.29) is 5.75 Å². The molecule has 1 aliphatic rings. The van der Waals surface area contributed by atoms with Crippen LogP contribution in [-0.2, 0) is 6.54 Å².